The third kappa shape index (κ3) is 3.47. The van der Waals surface area contributed by atoms with Crippen LogP contribution in [0.2, 0.25) is 4.34 Å². The molecule has 0 amide bonds. The van der Waals surface area contributed by atoms with Crippen molar-refractivity contribution in [1.29, 1.82) is 0 Å². The largest absolute Gasteiger partial charge is 0.394 e. The van der Waals surface area contributed by atoms with Crippen LogP contribution in [-0.2, 0) is 0 Å². The van der Waals surface area contributed by atoms with Crippen LogP contribution in [0, 0.1) is 0 Å². The first-order valence-corrected chi connectivity index (χ1v) is 8.09. The van der Waals surface area contributed by atoms with Gasteiger partial charge in [-0.05, 0) is 23.8 Å². The van der Waals surface area contributed by atoms with Gasteiger partial charge in [0, 0.05) is 22.8 Å². The van der Waals surface area contributed by atoms with Crippen LogP contribution in [0.25, 0.3) is 10.4 Å². The summed E-state index contributed by atoms with van der Waals surface area (Å²) in [6.07, 6.45) is 3.56. The summed E-state index contributed by atoms with van der Waals surface area (Å²) >= 11 is 7.51. The molecule has 1 unspecified atom stereocenters. The molecule has 1 atom stereocenters. The normalized spacial score (nSPS) is 12.1. The Hall–Kier alpha value is -1.88. The van der Waals surface area contributed by atoms with Crippen molar-refractivity contribution >= 4 is 28.6 Å². The summed E-state index contributed by atoms with van der Waals surface area (Å²) in [7, 11) is 0. The van der Waals surface area contributed by atoms with Crippen LogP contribution in [0.1, 0.15) is 11.6 Å². The molecule has 0 aliphatic heterocycles. The van der Waals surface area contributed by atoms with Crippen molar-refractivity contribution in [3.8, 4) is 10.4 Å². The van der Waals surface area contributed by atoms with Crippen molar-refractivity contribution < 1.29 is 5.11 Å². The lowest BCUT2D eigenvalue weighted by atomic mass is 10.1. The summed E-state index contributed by atoms with van der Waals surface area (Å²) in [5.74, 6) is 0. The number of pyridine rings is 1. The number of aromatic nitrogens is 1. The smallest absolute Gasteiger partial charge is 0.0934 e. The lowest BCUT2D eigenvalue weighted by Gasteiger charge is -2.18. The predicted octanol–water partition coefficient (Wildman–Crippen LogP) is 4.61. The molecule has 3 rings (SSSR count). The van der Waals surface area contributed by atoms with Crippen LogP contribution in [-0.4, -0.2) is 16.7 Å². The molecule has 1 aromatic carbocycles. The van der Waals surface area contributed by atoms with Crippen molar-refractivity contribution in [3.63, 3.8) is 0 Å². The first-order valence-electron chi connectivity index (χ1n) is 6.89. The Morgan fingerprint density at radius 2 is 1.95 bits per heavy atom. The number of rotatable bonds is 5. The van der Waals surface area contributed by atoms with Gasteiger partial charge in [-0.3, -0.25) is 4.98 Å². The minimum absolute atomic E-state index is 0.0130. The molecule has 0 saturated carbocycles. The Morgan fingerprint density at radius 1 is 1.14 bits per heavy atom. The Bertz CT molecular complexity index is 745. The van der Waals surface area contributed by atoms with E-state index in [-0.39, 0.29) is 12.6 Å². The Kier molecular flexibility index (Phi) is 4.73. The van der Waals surface area contributed by atoms with Crippen LogP contribution in [0.5, 0.6) is 0 Å². The highest BCUT2D eigenvalue weighted by molar-refractivity contribution is 7.19. The number of aliphatic hydroxyl groups excluding tert-OH is 1. The average molecular weight is 331 g/mol. The fourth-order valence-electron chi connectivity index (χ4n) is 2.24. The topological polar surface area (TPSA) is 45.1 Å². The fraction of sp³-hybridized carbons (Fsp3) is 0.118. The van der Waals surface area contributed by atoms with Crippen molar-refractivity contribution in [2.45, 2.75) is 6.04 Å². The van der Waals surface area contributed by atoms with Gasteiger partial charge in [-0.15, -0.1) is 11.3 Å². The Labute approximate surface area is 138 Å². The zero-order valence-corrected chi connectivity index (χ0v) is 13.3. The number of anilines is 1. The molecule has 112 valence electrons. The number of benzene rings is 1. The van der Waals surface area contributed by atoms with E-state index in [0.717, 1.165) is 26.0 Å². The predicted molar refractivity (Wildman–Crippen MR) is 92.5 cm³/mol. The summed E-state index contributed by atoms with van der Waals surface area (Å²) < 4.78 is 0.755. The number of thiophene rings is 1. The number of nitrogens with zero attached hydrogens (tertiary/aromatic N) is 1. The van der Waals surface area contributed by atoms with E-state index in [0.29, 0.717) is 0 Å². The second-order valence-corrected chi connectivity index (χ2v) is 6.57. The highest BCUT2D eigenvalue weighted by atomic mass is 35.5. The first-order chi connectivity index (χ1) is 10.8. The molecule has 0 aliphatic carbocycles. The molecular formula is C17H15ClN2OS. The highest BCUT2D eigenvalue weighted by Crippen LogP contribution is 2.32. The zero-order chi connectivity index (χ0) is 15.4. The molecule has 22 heavy (non-hydrogen) atoms. The molecule has 2 N–H and O–H groups in total. The van der Waals surface area contributed by atoms with E-state index >= 15 is 0 Å². The van der Waals surface area contributed by atoms with Gasteiger partial charge in [0.25, 0.3) is 0 Å². The number of hydrogen-bond acceptors (Lipinski definition) is 4. The standard InChI is InChI=1S/C17H15ClN2OS/c18-17-7-6-16(22-17)13-8-14(10-19-9-13)20-15(11-21)12-4-2-1-3-5-12/h1-10,15,20-21H,11H2. The maximum Gasteiger partial charge on any atom is 0.0934 e. The van der Waals surface area contributed by atoms with Gasteiger partial charge in [-0.25, -0.2) is 0 Å². The van der Waals surface area contributed by atoms with Gasteiger partial charge in [0.05, 0.1) is 22.7 Å². The molecular weight excluding hydrogens is 316 g/mol. The van der Waals surface area contributed by atoms with Crippen LogP contribution >= 0.6 is 22.9 Å². The third-order valence-corrected chi connectivity index (χ3v) is 4.60. The van der Waals surface area contributed by atoms with Crippen LogP contribution in [0.15, 0.2) is 60.9 Å². The average Bonchev–Trinajstić information content (AvgIpc) is 3.00. The van der Waals surface area contributed by atoms with Gasteiger partial charge >= 0.3 is 0 Å². The molecule has 3 aromatic rings. The molecule has 3 nitrogen and oxygen atoms in total. The van der Waals surface area contributed by atoms with E-state index in [1.165, 1.54) is 11.3 Å². The number of nitrogens with one attached hydrogen (secondary N) is 1. The summed E-state index contributed by atoms with van der Waals surface area (Å²) in [5, 5.41) is 13.0. The van der Waals surface area contributed by atoms with Crippen molar-refractivity contribution in [2.24, 2.45) is 0 Å². The maximum atomic E-state index is 9.63. The number of aliphatic hydroxyl groups is 1. The Balaban J connectivity index is 1.83. The van der Waals surface area contributed by atoms with Gasteiger partial charge in [-0.1, -0.05) is 41.9 Å². The van der Waals surface area contributed by atoms with Crippen LogP contribution in [0.4, 0.5) is 5.69 Å². The maximum absolute atomic E-state index is 9.63. The molecule has 2 aromatic heterocycles. The van der Waals surface area contributed by atoms with E-state index in [1.807, 2.05) is 54.7 Å². The van der Waals surface area contributed by atoms with Gasteiger partial charge in [0.1, 0.15) is 0 Å². The van der Waals surface area contributed by atoms with Crippen molar-refractivity contribution in [2.75, 3.05) is 11.9 Å². The molecule has 0 fully saturated rings. The number of halogens is 1. The van der Waals surface area contributed by atoms with Crippen LogP contribution < -0.4 is 5.32 Å². The second kappa shape index (κ2) is 6.92. The van der Waals surface area contributed by atoms with E-state index in [2.05, 4.69) is 10.3 Å². The minimum atomic E-state index is -0.162. The van der Waals surface area contributed by atoms with E-state index in [4.69, 9.17) is 11.6 Å². The van der Waals surface area contributed by atoms with E-state index in [9.17, 15) is 5.11 Å². The van der Waals surface area contributed by atoms with Gasteiger partial charge in [-0.2, -0.15) is 0 Å². The van der Waals surface area contributed by atoms with Crippen molar-refractivity contribution in [1.82, 2.24) is 4.98 Å². The molecule has 0 bridgehead atoms. The lowest BCUT2D eigenvalue weighted by Crippen LogP contribution is -2.14. The number of hydrogen-bond donors (Lipinski definition) is 2. The Morgan fingerprint density at radius 3 is 2.64 bits per heavy atom. The zero-order valence-electron chi connectivity index (χ0n) is 11.7. The van der Waals surface area contributed by atoms with Gasteiger partial charge in [0.15, 0.2) is 0 Å². The van der Waals surface area contributed by atoms with Gasteiger partial charge < -0.3 is 10.4 Å². The summed E-state index contributed by atoms with van der Waals surface area (Å²) in [6, 6.07) is 15.6. The van der Waals surface area contributed by atoms with Crippen molar-refractivity contribution in [3.05, 3.63) is 70.8 Å². The minimum Gasteiger partial charge on any atom is -0.394 e. The summed E-state index contributed by atoms with van der Waals surface area (Å²) in [5.41, 5.74) is 2.91. The highest BCUT2D eigenvalue weighted by Gasteiger charge is 2.11. The van der Waals surface area contributed by atoms with E-state index < -0.39 is 0 Å². The monoisotopic (exact) mass is 330 g/mol. The molecule has 0 aliphatic rings. The molecule has 5 heteroatoms. The second-order valence-electron chi connectivity index (χ2n) is 4.86. The molecule has 0 radical (unpaired) electrons. The summed E-state index contributed by atoms with van der Waals surface area (Å²) in [4.78, 5) is 5.34. The van der Waals surface area contributed by atoms with Crippen LogP contribution in [0.3, 0.4) is 0 Å². The molecule has 0 spiro atoms. The third-order valence-electron chi connectivity index (χ3n) is 3.32. The SMILES string of the molecule is OCC(Nc1cncc(-c2ccc(Cl)s2)c1)c1ccccc1. The molecule has 2 heterocycles. The van der Waals surface area contributed by atoms with Gasteiger partial charge in [0.2, 0.25) is 0 Å². The molecule has 0 saturated heterocycles. The summed E-state index contributed by atoms with van der Waals surface area (Å²) in [6.45, 7) is 0.0130. The first kappa shape index (κ1) is 15.0. The quantitative estimate of drug-likeness (QED) is 0.718. The fourth-order valence-corrected chi connectivity index (χ4v) is 3.27. The van der Waals surface area contributed by atoms with E-state index in [1.54, 1.807) is 6.20 Å². The lowest BCUT2D eigenvalue weighted by molar-refractivity contribution is 0.276.